The fourth-order valence-electron chi connectivity index (χ4n) is 3.87. The van der Waals surface area contributed by atoms with E-state index in [9.17, 15) is 14.4 Å². The van der Waals surface area contributed by atoms with Gasteiger partial charge in [-0.05, 0) is 65.0 Å². The Morgan fingerprint density at radius 3 is 2.45 bits per heavy atom. The van der Waals surface area contributed by atoms with E-state index in [1.165, 1.54) is 28.7 Å². The Morgan fingerprint density at radius 1 is 1.02 bits per heavy atom. The molecule has 0 aliphatic heterocycles. The van der Waals surface area contributed by atoms with E-state index in [0.717, 1.165) is 5.56 Å². The van der Waals surface area contributed by atoms with Crippen LogP contribution in [0.3, 0.4) is 0 Å². The Morgan fingerprint density at radius 2 is 1.79 bits per heavy atom. The van der Waals surface area contributed by atoms with Crippen LogP contribution in [0, 0.1) is 0 Å². The molecule has 12 nitrogen and oxygen atoms in total. The van der Waals surface area contributed by atoms with Gasteiger partial charge in [0.2, 0.25) is 0 Å². The summed E-state index contributed by atoms with van der Waals surface area (Å²) in [7, 11) is 1.47. The normalized spacial score (nSPS) is 11.7. The number of rotatable bonds is 9. The van der Waals surface area contributed by atoms with E-state index in [4.69, 9.17) is 30.5 Å². The molecular formula is C29H32ClN5O7. The van der Waals surface area contributed by atoms with Gasteiger partial charge < -0.3 is 24.3 Å². The smallest absolute Gasteiger partial charge is 0.408 e. The molecule has 3 heterocycles. The molecule has 4 aromatic rings. The van der Waals surface area contributed by atoms with Gasteiger partial charge in [0.05, 0.1) is 23.5 Å². The number of ether oxygens (including phenoxy) is 4. The molecule has 0 bridgehead atoms. The van der Waals surface area contributed by atoms with Crippen LogP contribution in [0.5, 0.6) is 11.5 Å². The maximum absolute atomic E-state index is 13.3. The van der Waals surface area contributed by atoms with Gasteiger partial charge in [-0.15, -0.1) is 0 Å². The molecule has 13 heteroatoms. The first kappa shape index (κ1) is 30.4. The lowest BCUT2D eigenvalue weighted by molar-refractivity contribution is -0.157. The van der Waals surface area contributed by atoms with Crippen LogP contribution >= 0.6 is 11.6 Å². The maximum atomic E-state index is 13.3. The van der Waals surface area contributed by atoms with Gasteiger partial charge in [-0.25, -0.2) is 9.31 Å². The van der Waals surface area contributed by atoms with Crippen LogP contribution in [-0.2, 0) is 14.3 Å². The van der Waals surface area contributed by atoms with Crippen molar-refractivity contribution in [1.82, 2.24) is 24.5 Å². The highest BCUT2D eigenvalue weighted by molar-refractivity contribution is 6.30. The van der Waals surface area contributed by atoms with Crippen molar-refractivity contribution in [2.75, 3.05) is 20.3 Å². The molecule has 4 rings (SSSR count). The molecule has 0 radical (unpaired) electrons. The number of alkyl carbamates (subject to hydrolysis) is 1. The summed E-state index contributed by atoms with van der Waals surface area (Å²) in [5, 5.41) is 7.25. The van der Waals surface area contributed by atoms with E-state index in [0.29, 0.717) is 33.4 Å². The van der Waals surface area contributed by atoms with Crippen LogP contribution < -0.4 is 20.3 Å². The molecule has 0 aliphatic carbocycles. The van der Waals surface area contributed by atoms with E-state index in [2.05, 4.69) is 15.4 Å². The number of benzene rings is 1. The molecule has 0 atom stereocenters. The number of hydrogen-bond acceptors (Lipinski definition) is 9. The minimum atomic E-state index is -1.03. The highest BCUT2D eigenvalue weighted by Crippen LogP contribution is 2.30. The van der Waals surface area contributed by atoms with Gasteiger partial charge in [0.15, 0.2) is 11.5 Å². The van der Waals surface area contributed by atoms with E-state index in [1.807, 2.05) is 0 Å². The van der Waals surface area contributed by atoms with Gasteiger partial charge in [-0.2, -0.15) is 5.10 Å². The fraction of sp³-hybridized carbons (Fsp3) is 0.345. The minimum absolute atomic E-state index is 0.0139. The third kappa shape index (κ3) is 7.58. The molecule has 0 saturated carbocycles. The molecule has 222 valence electrons. The van der Waals surface area contributed by atoms with Crippen LogP contribution in [0.15, 0.2) is 59.9 Å². The van der Waals surface area contributed by atoms with Crippen LogP contribution in [0.4, 0.5) is 4.79 Å². The summed E-state index contributed by atoms with van der Waals surface area (Å²) in [6.07, 6.45) is 3.95. The van der Waals surface area contributed by atoms with Crippen LogP contribution in [-0.4, -0.2) is 62.7 Å². The standard InChI is InChI=1S/C29H32ClN5O7/c1-28(2,3)42-27(38)32-14-25(36)41-29(4,5)16-40-23-10-8-20(12-24(23)39-6)34-17-33-35-15-18(11-22(35)26(34)37)21-9-7-19(30)13-31-21/h7-13,15,17H,14,16H2,1-6H3,(H,32,38). The zero-order chi connectivity index (χ0) is 30.7. The molecule has 1 amide bonds. The predicted molar refractivity (Wildman–Crippen MR) is 155 cm³/mol. The monoisotopic (exact) mass is 597 g/mol. The quantitative estimate of drug-likeness (QED) is 0.278. The summed E-state index contributed by atoms with van der Waals surface area (Å²) < 4.78 is 24.9. The van der Waals surface area contributed by atoms with Crippen molar-refractivity contribution < 1.29 is 28.5 Å². The Kier molecular flexibility index (Phi) is 8.76. The number of methoxy groups -OCH3 is 1. The summed E-state index contributed by atoms with van der Waals surface area (Å²) in [4.78, 5) is 41.7. The van der Waals surface area contributed by atoms with Crippen LogP contribution in [0.1, 0.15) is 34.6 Å². The number of aromatic nitrogens is 4. The topological polar surface area (TPSA) is 135 Å². The summed E-state index contributed by atoms with van der Waals surface area (Å²) in [5.41, 5.74) is 0.224. The molecular weight excluding hydrogens is 566 g/mol. The van der Waals surface area contributed by atoms with E-state index in [1.54, 1.807) is 77.2 Å². The maximum Gasteiger partial charge on any atom is 0.408 e. The Labute approximate surface area is 247 Å². The zero-order valence-corrected chi connectivity index (χ0v) is 24.9. The average molecular weight is 598 g/mol. The van der Waals surface area contributed by atoms with Crippen molar-refractivity contribution in [3.05, 3.63) is 70.5 Å². The van der Waals surface area contributed by atoms with Crippen molar-refractivity contribution in [3.63, 3.8) is 0 Å². The Hall–Kier alpha value is -4.58. The molecule has 0 fully saturated rings. The Balaban J connectivity index is 1.45. The number of esters is 1. The number of carbonyl (C=O) groups is 2. The van der Waals surface area contributed by atoms with E-state index < -0.39 is 23.3 Å². The number of amides is 1. The number of nitrogens with one attached hydrogen (secondary N) is 1. The summed E-state index contributed by atoms with van der Waals surface area (Å²) in [6.45, 7) is 8.13. The fourth-order valence-corrected chi connectivity index (χ4v) is 3.98. The number of hydrogen-bond donors (Lipinski definition) is 1. The van der Waals surface area contributed by atoms with Gasteiger partial charge in [-0.1, -0.05) is 11.6 Å². The number of halogens is 1. The van der Waals surface area contributed by atoms with Gasteiger partial charge in [0, 0.05) is 24.0 Å². The first-order chi connectivity index (χ1) is 19.7. The molecule has 0 saturated heterocycles. The second kappa shape index (κ2) is 12.1. The van der Waals surface area contributed by atoms with Gasteiger partial charge in [0.1, 0.15) is 36.2 Å². The number of pyridine rings is 1. The van der Waals surface area contributed by atoms with Crippen LogP contribution in [0.2, 0.25) is 5.02 Å². The third-order valence-electron chi connectivity index (χ3n) is 5.72. The first-order valence-electron chi connectivity index (χ1n) is 13.0. The number of fused-ring (bicyclic) bond motifs is 1. The molecule has 42 heavy (non-hydrogen) atoms. The Bertz CT molecular complexity index is 1660. The van der Waals surface area contributed by atoms with Crippen molar-refractivity contribution in [2.45, 2.75) is 45.8 Å². The average Bonchev–Trinajstić information content (AvgIpc) is 3.36. The molecule has 1 N–H and O–H groups in total. The minimum Gasteiger partial charge on any atom is -0.493 e. The largest absolute Gasteiger partial charge is 0.493 e. The summed E-state index contributed by atoms with van der Waals surface area (Å²) in [5.74, 6) is 0.0759. The molecule has 0 unspecified atom stereocenters. The highest BCUT2D eigenvalue weighted by atomic mass is 35.5. The predicted octanol–water partition coefficient (Wildman–Crippen LogP) is 4.43. The SMILES string of the molecule is COc1cc(-n2cnn3cc(-c4ccc(Cl)cn4)cc3c2=O)ccc1OCC(C)(C)OC(=O)CNC(=O)OC(C)(C)C. The number of carbonyl (C=O) groups excluding carboxylic acids is 2. The van der Waals surface area contributed by atoms with Crippen molar-refractivity contribution in [3.8, 4) is 28.4 Å². The molecule has 1 aromatic carbocycles. The second-order valence-electron chi connectivity index (χ2n) is 10.9. The lowest BCUT2D eigenvalue weighted by Crippen LogP contribution is -2.40. The van der Waals surface area contributed by atoms with E-state index >= 15 is 0 Å². The van der Waals surface area contributed by atoms with Gasteiger partial charge in [0.25, 0.3) is 5.56 Å². The zero-order valence-electron chi connectivity index (χ0n) is 24.1. The van der Waals surface area contributed by atoms with E-state index in [-0.39, 0.29) is 18.7 Å². The third-order valence-corrected chi connectivity index (χ3v) is 5.94. The van der Waals surface area contributed by atoms with Crippen molar-refractivity contribution in [1.29, 1.82) is 0 Å². The van der Waals surface area contributed by atoms with Crippen molar-refractivity contribution >= 4 is 29.2 Å². The lowest BCUT2D eigenvalue weighted by Gasteiger charge is -2.26. The first-order valence-corrected chi connectivity index (χ1v) is 13.3. The molecule has 3 aromatic heterocycles. The molecule has 0 spiro atoms. The second-order valence-corrected chi connectivity index (χ2v) is 11.4. The molecule has 0 aliphatic rings. The number of nitrogens with zero attached hydrogens (tertiary/aromatic N) is 4. The van der Waals surface area contributed by atoms with Crippen LogP contribution in [0.25, 0.3) is 22.5 Å². The summed E-state index contributed by atoms with van der Waals surface area (Å²) >= 11 is 5.94. The highest BCUT2D eigenvalue weighted by Gasteiger charge is 2.26. The van der Waals surface area contributed by atoms with Gasteiger partial charge in [-0.3, -0.25) is 19.1 Å². The lowest BCUT2D eigenvalue weighted by atomic mass is 10.1. The van der Waals surface area contributed by atoms with Gasteiger partial charge >= 0.3 is 12.1 Å². The summed E-state index contributed by atoms with van der Waals surface area (Å²) in [6, 6.07) is 10.2. The van der Waals surface area contributed by atoms with Crippen molar-refractivity contribution in [2.24, 2.45) is 0 Å².